The van der Waals surface area contributed by atoms with E-state index < -0.39 is 28.5 Å². The zero-order valence-electron chi connectivity index (χ0n) is 22.7. The Kier molecular flexibility index (Phi) is 10.4. The zero-order valence-corrected chi connectivity index (χ0v) is 25.1. The van der Waals surface area contributed by atoms with Crippen LogP contribution in [0.25, 0.3) is 0 Å². The molecule has 0 heterocycles. The zero-order chi connectivity index (χ0) is 28.5. The molecule has 1 saturated carbocycles. The van der Waals surface area contributed by atoms with Gasteiger partial charge >= 0.3 is 0 Å². The number of nitrogens with zero attached hydrogens (tertiary/aromatic N) is 2. The summed E-state index contributed by atoms with van der Waals surface area (Å²) in [6.07, 6.45) is 5.00. The van der Waals surface area contributed by atoms with E-state index in [4.69, 9.17) is 0 Å². The summed E-state index contributed by atoms with van der Waals surface area (Å²) in [4.78, 5) is 29.2. The summed E-state index contributed by atoms with van der Waals surface area (Å²) < 4.78 is 29.5. The third-order valence-electron chi connectivity index (χ3n) is 7.28. The Labute approximate surface area is 245 Å². The monoisotopic (exact) mass is 625 g/mol. The molecule has 4 rings (SSSR count). The first-order chi connectivity index (χ1) is 19.3. The summed E-state index contributed by atoms with van der Waals surface area (Å²) in [6, 6.07) is 24.1. The SMILES string of the molecule is CC[C@H](C(=O)NC1CCCC1)N(CCc1ccccc1)C(=O)CN(c1cccc(Br)c1)S(=O)(=O)c1ccccc1. The third-order valence-corrected chi connectivity index (χ3v) is 9.56. The van der Waals surface area contributed by atoms with E-state index in [0.717, 1.165) is 35.6 Å². The number of sulfonamides is 1. The Hall–Kier alpha value is -3.17. The van der Waals surface area contributed by atoms with Crippen molar-refractivity contribution >= 4 is 43.5 Å². The van der Waals surface area contributed by atoms with Gasteiger partial charge in [-0.25, -0.2) is 8.42 Å². The number of carbonyl (C=O) groups is 2. The van der Waals surface area contributed by atoms with E-state index in [1.54, 1.807) is 47.4 Å². The molecule has 1 aliphatic carbocycles. The molecule has 212 valence electrons. The maximum Gasteiger partial charge on any atom is 0.264 e. The Morgan fingerprint density at radius 1 is 0.950 bits per heavy atom. The lowest BCUT2D eigenvalue weighted by Gasteiger charge is -2.33. The summed E-state index contributed by atoms with van der Waals surface area (Å²) in [6.45, 7) is 1.74. The second kappa shape index (κ2) is 13.9. The number of anilines is 1. The van der Waals surface area contributed by atoms with Crippen LogP contribution in [-0.2, 0) is 26.0 Å². The summed E-state index contributed by atoms with van der Waals surface area (Å²) in [7, 11) is -4.07. The second-order valence-corrected chi connectivity index (χ2v) is 12.8. The number of amides is 2. The molecule has 1 aliphatic rings. The molecule has 40 heavy (non-hydrogen) atoms. The number of hydrogen-bond acceptors (Lipinski definition) is 4. The molecule has 0 radical (unpaired) electrons. The van der Waals surface area contributed by atoms with E-state index >= 15 is 0 Å². The molecule has 0 aromatic heterocycles. The number of halogens is 1. The summed E-state index contributed by atoms with van der Waals surface area (Å²) in [5.74, 6) is -0.612. The van der Waals surface area contributed by atoms with Gasteiger partial charge in [0.05, 0.1) is 10.6 Å². The maximum atomic E-state index is 14.1. The molecule has 9 heteroatoms. The van der Waals surface area contributed by atoms with E-state index in [1.165, 1.54) is 12.1 Å². The molecule has 0 saturated heterocycles. The van der Waals surface area contributed by atoms with Gasteiger partial charge in [-0.3, -0.25) is 13.9 Å². The fraction of sp³-hybridized carbons (Fsp3) is 0.355. The van der Waals surface area contributed by atoms with E-state index in [2.05, 4.69) is 21.2 Å². The number of nitrogens with one attached hydrogen (secondary N) is 1. The largest absolute Gasteiger partial charge is 0.352 e. The minimum atomic E-state index is -4.07. The van der Waals surface area contributed by atoms with E-state index in [0.29, 0.717) is 23.0 Å². The first-order valence-corrected chi connectivity index (χ1v) is 16.0. The average Bonchev–Trinajstić information content (AvgIpc) is 3.47. The molecular weight excluding hydrogens is 590 g/mol. The van der Waals surface area contributed by atoms with Crippen LogP contribution in [0.3, 0.4) is 0 Å². The van der Waals surface area contributed by atoms with Crippen molar-refractivity contribution in [1.82, 2.24) is 10.2 Å². The molecule has 0 aliphatic heterocycles. The highest BCUT2D eigenvalue weighted by molar-refractivity contribution is 9.10. The Bertz CT molecular complexity index is 1380. The van der Waals surface area contributed by atoms with E-state index in [1.807, 2.05) is 37.3 Å². The van der Waals surface area contributed by atoms with Gasteiger partial charge in [0.1, 0.15) is 12.6 Å². The Morgan fingerprint density at radius 2 is 1.60 bits per heavy atom. The number of benzene rings is 3. The molecule has 2 amide bonds. The fourth-order valence-corrected chi connectivity index (χ4v) is 6.96. The van der Waals surface area contributed by atoms with Crippen molar-refractivity contribution in [2.45, 2.75) is 62.4 Å². The van der Waals surface area contributed by atoms with Crippen LogP contribution in [0.4, 0.5) is 5.69 Å². The number of carbonyl (C=O) groups excluding carboxylic acids is 2. The topological polar surface area (TPSA) is 86.8 Å². The van der Waals surface area contributed by atoms with Crippen molar-refractivity contribution < 1.29 is 18.0 Å². The van der Waals surface area contributed by atoms with Gasteiger partial charge < -0.3 is 10.2 Å². The predicted molar refractivity (Wildman–Crippen MR) is 161 cm³/mol. The van der Waals surface area contributed by atoms with Gasteiger partial charge in [-0.05, 0) is 61.6 Å². The van der Waals surface area contributed by atoms with Crippen LogP contribution in [0.15, 0.2) is 94.3 Å². The highest BCUT2D eigenvalue weighted by Gasteiger charge is 2.34. The normalized spacial score (nSPS) is 14.4. The van der Waals surface area contributed by atoms with Gasteiger partial charge in [-0.1, -0.05) is 90.3 Å². The van der Waals surface area contributed by atoms with Crippen molar-refractivity contribution in [2.24, 2.45) is 0 Å². The lowest BCUT2D eigenvalue weighted by molar-refractivity contribution is -0.139. The van der Waals surface area contributed by atoms with E-state index in [9.17, 15) is 18.0 Å². The molecule has 0 unspecified atom stereocenters. The predicted octanol–water partition coefficient (Wildman–Crippen LogP) is 5.55. The number of rotatable bonds is 12. The molecule has 3 aromatic rings. The molecule has 1 N–H and O–H groups in total. The van der Waals surface area contributed by atoms with Crippen molar-refractivity contribution in [2.75, 3.05) is 17.4 Å². The molecular formula is C31H36BrN3O4S. The molecule has 1 atom stereocenters. The van der Waals surface area contributed by atoms with Gasteiger partial charge in [-0.2, -0.15) is 0 Å². The van der Waals surface area contributed by atoms with Crippen LogP contribution >= 0.6 is 15.9 Å². The van der Waals surface area contributed by atoms with Crippen LogP contribution < -0.4 is 9.62 Å². The standard InChI is InChI=1S/C31H36BrN3O4S/c1-2-29(31(37)33-26-15-9-10-16-26)34(21-20-24-12-5-3-6-13-24)30(36)23-35(27-17-11-14-25(32)22-27)40(38,39)28-18-7-4-8-19-28/h3-8,11-14,17-19,22,26,29H,2,9-10,15-16,20-21,23H2,1H3,(H,33,37)/t29-/m1/s1. The summed E-state index contributed by atoms with van der Waals surface area (Å²) in [5, 5.41) is 3.14. The maximum absolute atomic E-state index is 14.1. The molecule has 1 fully saturated rings. The second-order valence-electron chi connectivity index (χ2n) is 10.0. The number of hydrogen-bond donors (Lipinski definition) is 1. The van der Waals surface area contributed by atoms with Crippen LogP contribution in [0.1, 0.15) is 44.6 Å². The van der Waals surface area contributed by atoms with Crippen LogP contribution in [0.2, 0.25) is 0 Å². The molecule has 0 bridgehead atoms. The lowest BCUT2D eigenvalue weighted by atomic mass is 10.1. The van der Waals surface area contributed by atoms with Gasteiger partial charge in [0.15, 0.2) is 0 Å². The fourth-order valence-electron chi connectivity index (χ4n) is 5.14. The quantitative estimate of drug-likeness (QED) is 0.286. The first-order valence-electron chi connectivity index (χ1n) is 13.8. The first kappa shape index (κ1) is 29.8. The van der Waals surface area contributed by atoms with Crippen molar-refractivity contribution in [3.63, 3.8) is 0 Å². The molecule has 3 aromatic carbocycles. The summed E-state index contributed by atoms with van der Waals surface area (Å²) >= 11 is 3.42. The van der Waals surface area contributed by atoms with Crippen molar-refractivity contribution in [3.05, 3.63) is 95.0 Å². The smallest absolute Gasteiger partial charge is 0.264 e. The lowest BCUT2D eigenvalue weighted by Crippen LogP contribution is -2.54. The van der Waals surface area contributed by atoms with E-state index in [-0.39, 0.29) is 23.4 Å². The van der Waals surface area contributed by atoms with Gasteiger partial charge in [0.25, 0.3) is 10.0 Å². The minimum absolute atomic E-state index is 0.0876. The van der Waals surface area contributed by atoms with Gasteiger partial charge in [0, 0.05) is 17.1 Å². The Balaban J connectivity index is 1.66. The molecule has 7 nitrogen and oxygen atoms in total. The average molecular weight is 627 g/mol. The molecule has 0 spiro atoms. The highest BCUT2D eigenvalue weighted by atomic mass is 79.9. The van der Waals surface area contributed by atoms with Gasteiger partial charge in [-0.15, -0.1) is 0 Å². The Morgan fingerprint density at radius 3 is 2.23 bits per heavy atom. The third kappa shape index (κ3) is 7.52. The highest BCUT2D eigenvalue weighted by Crippen LogP contribution is 2.27. The van der Waals surface area contributed by atoms with Crippen LogP contribution in [0, 0.1) is 0 Å². The minimum Gasteiger partial charge on any atom is -0.352 e. The van der Waals surface area contributed by atoms with Crippen LogP contribution in [-0.4, -0.2) is 50.3 Å². The van der Waals surface area contributed by atoms with Crippen molar-refractivity contribution in [3.8, 4) is 0 Å². The van der Waals surface area contributed by atoms with Gasteiger partial charge in [0.2, 0.25) is 11.8 Å². The van der Waals surface area contributed by atoms with Crippen LogP contribution in [0.5, 0.6) is 0 Å². The van der Waals surface area contributed by atoms with Crippen molar-refractivity contribution in [1.29, 1.82) is 0 Å². The summed E-state index contributed by atoms with van der Waals surface area (Å²) in [5.41, 5.74) is 1.39.